The summed E-state index contributed by atoms with van der Waals surface area (Å²) in [6.45, 7) is 7.78. The maximum absolute atomic E-state index is 5.96. The van der Waals surface area contributed by atoms with Crippen LogP contribution in [0.1, 0.15) is 27.7 Å². The Labute approximate surface area is 128 Å². The molecule has 0 aliphatic carbocycles. The third kappa shape index (κ3) is 2.56. The van der Waals surface area contributed by atoms with E-state index < -0.39 is 17.7 Å². The van der Waals surface area contributed by atoms with Gasteiger partial charge in [-0.15, -0.1) is 0 Å². The molecule has 3 rings (SSSR count). The Hall–Kier alpha value is -0.0400. The lowest BCUT2D eigenvalue weighted by Crippen LogP contribution is -2.60. The van der Waals surface area contributed by atoms with Gasteiger partial charge in [0.15, 0.2) is 23.4 Å². The van der Waals surface area contributed by atoms with Crippen molar-refractivity contribution >= 4 is 23.2 Å². The molecule has 4 atom stereocenters. The fourth-order valence-electron chi connectivity index (χ4n) is 2.81. The van der Waals surface area contributed by atoms with Gasteiger partial charge in [-0.05, 0) is 27.7 Å². The van der Waals surface area contributed by atoms with E-state index in [-0.39, 0.29) is 22.8 Å². The van der Waals surface area contributed by atoms with E-state index in [2.05, 4.69) is 0 Å². The molecule has 0 radical (unpaired) electrons. The second kappa shape index (κ2) is 4.73. The van der Waals surface area contributed by atoms with Crippen LogP contribution < -0.4 is 0 Å². The average Bonchev–Trinajstić information content (AvgIpc) is 2.62. The van der Waals surface area contributed by atoms with Gasteiger partial charge in [-0.25, -0.2) is 0 Å². The van der Waals surface area contributed by atoms with Gasteiger partial charge in [0.2, 0.25) is 0 Å². The van der Waals surface area contributed by atoms with Gasteiger partial charge in [-0.3, -0.25) is 0 Å². The third-order valence-corrected chi connectivity index (χ3v) is 3.93. The number of rotatable bonds is 0. The Balaban J connectivity index is 1.93. The van der Waals surface area contributed by atoms with Crippen molar-refractivity contribution in [3.63, 3.8) is 0 Å². The summed E-state index contributed by atoms with van der Waals surface area (Å²) in [5.74, 6) is -1.04. The summed E-state index contributed by atoms with van der Waals surface area (Å²) in [6.07, 6.45) is -1.40. The summed E-state index contributed by atoms with van der Waals surface area (Å²) in [5, 5.41) is 0. The predicted molar refractivity (Wildman–Crippen MR) is 72.3 cm³/mol. The lowest BCUT2D eigenvalue weighted by molar-refractivity contribution is -0.332. The minimum absolute atomic E-state index is 0.0459. The van der Waals surface area contributed by atoms with E-state index in [0.717, 1.165) is 0 Å². The molecule has 3 saturated heterocycles. The smallest absolute Gasteiger partial charge is 0.164 e. The van der Waals surface area contributed by atoms with E-state index in [1.54, 1.807) is 0 Å². The molecule has 3 aliphatic heterocycles. The first-order valence-electron chi connectivity index (χ1n) is 6.58. The van der Waals surface area contributed by atoms with Crippen molar-refractivity contribution in [2.24, 2.45) is 0 Å². The Morgan fingerprint density at radius 1 is 1.00 bits per heavy atom. The Kier molecular flexibility index (Phi) is 3.52. The van der Waals surface area contributed by atoms with Crippen molar-refractivity contribution in [2.75, 3.05) is 6.61 Å². The van der Waals surface area contributed by atoms with E-state index in [1.807, 2.05) is 27.7 Å². The minimum Gasteiger partial charge on any atom is -0.484 e. The standard InChI is InChI=1S/C13H18Cl2O5/c1-12(2)16-5-6-7(18-12)8-9(10(17-6)11(14)15)20-13(3,4)19-8/h6-9H,5H2,1-4H3/t6-,7-,8+,9+/m1/s1. The van der Waals surface area contributed by atoms with Crippen molar-refractivity contribution in [3.8, 4) is 0 Å². The summed E-state index contributed by atoms with van der Waals surface area (Å²) in [7, 11) is 0. The Morgan fingerprint density at radius 2 is 1.65 bits per heavy atom. The van der Waals surface area contributed by atoms with E-state index in [9.17, 15) is 0 Å². The maximum atomic E-state index is 5.96. The third-order valence-electron chi connectivity index (χ3n) is 3.56. The second-order valence-electron chi connectivity index (χ2n) is 6.10. The van der Waals surface area contributed by atoms with Gasteiger partial charge in [-0.2, -0.15) is 0 Å². The van der Waals surface area contributed by atoms with E-state index >= 15 is 0 Å². The van der Waals surface area contributed by atoms with E-state index in [0.29, 0.717) is 12.4 Å². The molecule has 3 heterocycles. The Morgan fingerprint density at radius 3 is 2.30 bits per heavy atom. The highest BCUT2D eigenvalue weighted by Crippen LogP contribution is 2.44. The molecule has 0 saturated carbocycles. The molecule has 7 heteroatoms. The van der Waals surface area contributed by atoms with Gasteiger partial charge in [0.25, 0.3) is 0 Å². The summed E-state index contributed by atoms with van der Waals surface area (Å²) in [6, 6.07) is 0. The summed E-state index contributed by atoms with van der Waals surface area (Å²) >= 11 is 11.8. The van der Waals surface area contributed by atoms with Crippen molar-refractivity contribution in [3.05, 3.63) is 10.3 Å². The van der Waals surface area contributed by atoms with E-state index in [4.69, 9.17) is 46.9 Å². The normalized spacial score (nSPS) is 41.6. The minimum atomic E-state index is -0.742. The number of hydrogen-bond donors (Lipinski definition) is 0. The molecule has 5 nitrogen and oxygen atoms in total. The summed E-state index contributed by atoms with van der Waals surface area (Å²) in [4.78, 5) is 0. The fraction of sp³-hybridized carbons (Fsp3) is 0.846. The second-order valence-corrected chi connectivity index (χ2v) is 7.04. The molecule has 3 aliphatic rings. The highest BCUT2D eigenvalue weighted by Gasteiger charge is 2.57. The summed E-state index contributed by atoms with van der Waals surface area (Å²) in [5.41, 5.74) is 0. The van der Waals surface area contributed by atoms with Gasteiger partial charge in [0, 0.05) is 0 Å². The van der Waals surface area contributed by atoms with Crippen LogP contribution in [0.4, 0.5) is 0 Å². The van der Waals surface area contributed by atoms with E-state index in [1.165, 1.54) is 0 Å². The monoisotopic (exact) mass is 324 g/mol. The van der Waals surface area contributed by atoms with Crippen LogP contribution in [-0.4, -0.2) is 42.6 Å². The van der Waals surface area contributed by atoms with Crippen LogP contribution >= 0.6 is 23.2 Å². The quantitative estimate of drug-likeness (QED) is 0.685. The molecule has 20 heavy (non-hydrogen) atoms. The first-order chi connectivity index (χ1) is 9.19. The summed E-state index contributed by atoms with van der Waals surface area (Å²) < 4.78 is 29.2. The molecule has 0 aromatic heterocycles. The lowest BCUT2D eigenvalue weighted by Gasteiger charge is -2.46. The molecule has 0 spiro atoms. The van der Waals surface area contributed by atoms with Crippen LogP contribution in [0.25, 0.3) is 0 Å². The van der Waals surface area contributed by atoms with Crippen LogP contribution in [0.15, 0.2) is 10.3 Å². The van der Waals surface area contributed by atoms with Crippen LogP contribution in [0.3, 0.4) is 0 Å². The van der Waals surface area contributed by atoms with Crippen LogP contribution in [-0.2, 0) is 23.7 Å². The Bertz CT molecular complexity index is 444. The lowest BCUT2D eigenvalue weighted by atomic mass is 9.97. The number of halogens is 2. The molecule has 0 aromatic carbocycles. The average molecular weight is 325 g/mol. The molecule has 0 unspecified atom stereocenters. The first kappa shape index (κ1) is 14.9. The number of ether oxygens (including phenoxy) is 5. The van der Waals surface area contributed by atoms with Gasteiger partial charge in [0.1, 0.15) is 22.8 Å². The van der Waals surface area contributed by atoms with Gasteiger partial charge >= 0.3 is 0 Å². The molecule has 3 fully saturated rings. The SMILES string of the molecule is CC1(C)OC[C@H]2OC(=C(Cl)Cl)[C@H]3OC(C)(C)O[C@H]3[C@@H]2O1. The van der Waals surface area contributed by atoms with Crippen molar-refractivity contribution in [1.82, 2.24) is 0 Å². The molecule has 0 bridgehead atoms. The molecular formula is C13H18Cl2O5. The van der Waals surface area contributed by atoms with Gasteiger partial charge in [-0.1, -0.05) is 23.2 Å². The van der Waals surface area contributed by atoms with Crippen molar-refractivity contribution in [2.45, 2.75) is 63.7 Å². The highest BCUT2D eigenvalue weighted by molar-refractivity contribution is 6.56. The number of hydrogen-bond acceptors (Lipinski definition) is 5. The topological polar surface area (TPSA) is 46.2 Å². The molecule has 0 N–H and O–H groups in total. The zero-order chi connectivity index (χ0) is 14.7. The predicted octanol–water partition coefficient (Wildman–Crippen LogP) is 2.70. The highest BCUT2D eigenvalue weighted by atomic mass is 35.5. The van der Waals surface area contributed by atoms with Crippen LogP contribution in [0.2, 0.25) is 0 Å². The van der Waals surface area contributed by atoms with Crippen LogP contribution in [0, 0.1) is 0 Å². The van der Waals surface area contributed by atoms with Gasteiger partial charge < -0.3 is 23.7 Å². The number of fused-ring (bicyclic) bond motifs is 3. The molecule has 0 amide bonds. The molecular weight excluding hydrogens is 307 g/mol. The molecule has 0 aromatic rings. The zero-order valence-corrected chi connectivity index (χ0v) is 13.3. The molecule has 114 valence electrons. The zero-order valence-electron chi connectivity index (χ0n) is 11.8. The van der Waals surface area contributed by atoms with Gasteiger partial charge in [0.05, 0.1) is 6.61 Å². The van der Waals surface area contributed by atoms with Crippen molar-refractivity contribution < 1.29 is 23.7 Å². The maximum Gasteiger partial charge on any atom is 0.164 e. The van der Waals surface area contributed by atoms with Crippen LogP contribution in [0.5, 0.6) is 0 Å². The van der Waals surface area contributed by atoms with Crippen molar-refractivity contribution in [1.29, 1.82) is 0 Å². The largest absolute Gasteiger partial charge is 0.484 e. The first-order valence-corrected chi connectivity index (χ1v) is 7.33. The fourth-order valence-corrected chi connectivity index (χ4v) is 3.11.